The van der Waals surface area contributed by atoms with Gasteiger partial charge in [0.1, 0.15) is 0 Å². The standard InChI is InChI=1S/C9H12/c1-4-7-8-9(5-2)6-3/h4-8H,2-3H2,1H3. The molecule has 0 heteroatoms. The Labute approximate surface area is 56.9 Å². The summed E-state index contributed by atoms with van der Waals surface area (Å²) in [5.74, 6) is 0. The Bertz CT molecular complexity index is 137. The van der Waals surface area contributed by atoms with Crippen molar-refractivity contribution < 1.29 is 0 Å². The van der Waals surface area contributed by atoms with E-state index in [2.05, 4.69) is 13.2 Å². The summed E-state index contributed by atoms with van der Waals surface area (Å²) in [6.07, 6.45) is 9.42. The van der Waals surface area contributed by atoms with Crippen molar-refractivity contribution in [1.82, 2.24) is 0 Å². The fourth-order valence-electron chi connectivity index (χ4n) is 0.427. The quantitative estimate of drug-likeness (QED) is 0.502. The number of rotatable bonds is 3. The van der Waals surface area contributed by atoms with Gasteiger partial charge in [-0.15, -0.1) is 0 Å². The van der Waals surface area contributed by atoms with Crippen LogP contribution in [0.1, 0.15) is 6.92 Å². The molecule has 0 rings (SSSR count). The maximum absolute atomic E-state index is 3.61. The van der Waals surface area contributed by atoms with E-state index in [1.54, 1.807) is 12.2 Å². The first-order chi connectivity index (χ1) is 4.35. The first kappa shape index (κ1) is 7.96. The maximum Gasteiger partial charge on any atom is -0.0269 e. The summed E-state index contributed by atoms with van der Waals surface area (Å²) < 4.78 is 0. The van der Waals surface area contributed by atoms with Gasteiger partial charge in [0, 0.05) is 0 Å². The molecule has 0 spiro atoms. The fourth-order valence-corrected chi connectivity index (χ4v) is 0.427. The van der Waals surface area contributed by atoms with E-state index in [1.165, 1.54) is 0 Å². The molecule has 0 aromatic carbocycles. The Kier molecular flexibility index (Phi) is 4.51. The summed E-state index contributed by atoms with van der Waals surface area (Å²) >= 11 is 0. The molecule has 0 nitrogen and oxygen atoms in total. The molecule has 0 heterocycles. The van der Waals surface area contributed by atoms with Crippen molar-refractivity contribution in [3.05, 3.63) is 49.1 Å². The Balaban J connectivity index is 4.06. The highest BCUT2D eigenvalue weighted by molar-refractivity contribution is 5.30. The van der Waals surface area contributed by atoms with Gasteiger partial charge in [0.15, 0.2) is 0 Å². The molecule has 0 aromatic heterocycles. The third-order valence-electron chi connectivity index (χ3n) is 0.953. The number of hydrogen-bond acceptors (Lipinski definition) is 0. The van der Waals surface area contributed by atoms with Crippen LogP contribution in [0.15, 0.2) is 49.1 Å². The second kappa shape index (κ2) is 5.10. The van der Waals surface area contributed by atoms with E-state index in [0.29, 0.717) is 0 Å². The van der Waals surface area contributed by atoms with E-state index in [4.69, 9.17) is 0 Å². The molecule has 0 unspecified atom stereocenters. The van der Waals surface area contributed by atoms with Gasteiger partial charge in [-0.3, -0.25) is 0 Å². The minimum absolute atomic E-state index is 1.05. The van der Waals surface area contributed by atoms with Gasteiger partial charge in [-0.25, -0.2) is 0 Å². The molecular formula is C9H12. The van der Waals surface area contributed by atoms with Crippen LogP contribution in [-0.4, -0.2) is 0 Å². The second-order valence-corrected chi connectivity index (χ2v) is 1.60. The van der Waals surface area contributed by atoms with Gasteiger partial charge in [0.05, 0.1) is 0 Å². The Morgan fingerprint density at radius 1 is 1.22 bits per heavy atom. The molecule has 0 saturated heterocycles. The highest BCUT2D eigenvalue weighted by atomic mass is 13.8. The Morgan fingerprint density at radius 3 is 2.11 bits per heavy atom. The smallest absolute Gasteiger partial charge is 0.0269 e. The van der Waals surface area contributed by atoms with E-state index < -0.39 is 0 Å². The third kappa shape index (κ3) is 3.53. The summed E-state index contributed by atoms with van der Waals surface area (Å²) in [6, 6.07) is 0. The van der Waals surface area contributed by atoms with Crippen molar-refractivity contribution >= 4 is 0 Å². The topological polar surface area (TPSA) is 0 Å². The lowest BCUT2D eigenvalue weighted by atomic mass is 10.2. The second-order valence-electron chi connectivity index (χ2n) is 1.60. The van der Waals surface area contributed by atoms with Crippen LogP contribution in [0.3, 0.4) is 0 Å². The molecule has 0 N–H and O–H groups in total. The lowest BCUT2D eigenvalue weighted by molar-refractivity contribution is 1.67. The summed E-state index contributed by atoms with van der Waals surface area (Å²) in [6.45, 7) is 9.20. The van der Waals surface area contributed by atoms with E-state index in [1.807, 2.05) is 25.2 Å². The van der Waals surface area contributed by atoms with Crippen LogP contribution >= 0.6 is 0 Å². The van der Waals surface area contributed by atoms with Crippen LogP contribution in [0.2, 0.25) is 0 Å². The molecule has 0 atom stereocenters. The molecular weight excluding hydrogens is 108 g/mol. The summed E-state index contributed by atoms with van der Waals surface area (Å²) in [5, 5.41) is 0. The van der Waals surface area contributed by atoms with Gasteiger partial charge in [-0.05, 0) is 12.5 Å². The number of hydrogen-bond donors (Lipinski definition) is 0. The van der Waals surface area contributed by atoms with Gasteiger partial charge in [-0.1, -0.05) is 43.5 Å². The normalized spacial score (nSPS) is 9.00. The lowest BCUT2D eigenvalue weighted by Gasteiger charge is -1.84. The molecule has 0 amide bonds. The van der Waals surface area contributed by atoms with Crippen molar-refractivity contribution in [3.8, 4) is 0 Å². The summed E-state index contributed by atoms with van der Waals surface area (Å²) in [5.41, 5.74) is 1.05. The van der Waals surface area contributed by atoms with E-state index in [9.17, 15) is 0 Å². The van der Waals surface area contributed by atoms with Crippen LogP contribution < -0.4 is 0 Å². The summed E-state index contributed by atoms with van der Waals surface area (Å²) in [7, 11) is 0. The molecule has 0 bridgehead atoms. The van der Waals surface area contributed by atoms with Crippen molar-refractivity contribution in [2.24, 2.45) is 0 Å². The Hall–Kier alpha value is -1.04. The zero-order chi connectivity index (χ0) is 7.11. The highest BCUT2D eigenvalue weighted by Gasteiger charge is 1.74. The average molecular weight is 120 g/mol. The van der Waals surface area contributed by atoms with E-state index in [-0.39, 0.29) is 0 Å². The molecule has 0 fully saturated rings. The predicted octanol–water partition coefficient (Wildman–Crippen LogP) is 2.86. The predicted molar refractivity (Wildman–Crippen MR) is 43.3 cm³/mol. The van der Waals surface area contributed by atoms with Crippen molar-refractivity contribution in [1.29, 1.82) is 0 Å². The fraction of sp³-hybridized carbons (Fsp3) is 0.111. The van der Waals surface area contributed by atoms with E-state index in [0.717, 1.165) is 5.57 Å². The van der Waals surface area contributed by atoms with Gasteiger partial charge >= 0.3 is 0 Å². The number of allylic oxidation sites excluding steroid dienone is 6. The van der Waals surface area contributed by atoms with Crippen molar-refractivity contribution in [2.75, 3.05) is 0 Å². The SMILES string of the molecule is C=CC(C=C)=CC=CC. The zero-order valence-electron chi connectivity index (χ0n) is 5.80. The van der Waals surface area contributed by atoms with Gasteiger partial charge in [-0.2, -0.15) is 0 Å². The van der Waals surface area contributed by atoms with Crippen LogP contribution in [0, 0.1) is 0 Å². The summed E-state index contributed by atoms with van der Waals surface area (Å²) in [4.78, 5) is 0. The minimum atomic E-state index is 1.05. The van der Waals surface area contributed by atoms with Crippen LogP contribution in [0.4, 0.5) is 0 Å². The van der Waals surface area contributed by atoms with Crippen molar-refractivity contribution in [2.45, 2.75) is 6.92 Å². The van der Waals surface area contributed by atoms with E-state index >= 15 is 0 Å². The largest absolute Gasteiger partial charge is 0.0985 e. The molecule has 9 heavy (non-hydrogen) atoms. The average Bonchev–Trinajstić information content (AvgIpc) is 1.91. The minimum Gasteiger partial charge on any atom is -0.0985 e. The molecule has 0 aliphatic heterocycles. The highest BCUT2D eigenvalue weighted by Crippen LogP contribution is 1.95. The molecule has 0 aliphatic carbocycles. The molecule has 0 aromatic rings. The third-order valence-corrected chi connectivity index (χ3v) is 0.953. The Morgan fingerprint density at radius 2 is 1.78 bits per heavy atom. The first-order valence-electron chi connectivity index (χ1n) is 2.93. The molecule has 0 aliphatic rings. The molecule has 0 radical (unpaired) electrons. The zero-order valence-corrected chi connectivity index (χ0v) is 5.80. The van der Waals surface area contributed by atoms with Gasteiger partial charge < -0.3 is 0 Å². The molecule has 48 valence electrons. The van der Waals surface area contributed by atoms with Gasteiger partial charge in [0.2, 0.25) is 0 Å². The van der Waals surface area contributed by atoms with Crippen LogP contribution in [-0.2, 0) is 0 Å². The molecule has 0 saturated carbocycles. The maximum atomic E-state index is 3.61. The van der Waals surface area contributed by atoms with Crippen molar-refractivity contribution in [3.63, 3.8) is 0 Å². The lowest BCUT2D eigenvalue weighted by Crippen LogP contribution is -1.63. The van der Waals surface area contributed by atoms with Crippen LogP contribution in [0.25, 0.3) is 0 Å². The monoisotopic (exact) mass is 120 g/mol. The van der Waals surface area contributed by atoms with Crippen LogP contribution in [0.5, 0.6) is 0 Å². The first-order valence-corrected chi connectivity index (χ1v) is 2.93. The van der Waals surface area contributed by atoms with Gasteiger partial charge in [0.25, 0.3) is 0 Å².